The zero-order valence-corrected chi connectivity index (χ0v) is 15.5. The van der Waals surface area contributed by atoms with Crippen LogP contribution in [0.25, 0.3) is 0 Å². The summed E-state index contributed by atoms with van der Waals surface area (Å²) in [6.45, 7) is 5.60. The van der Waals surface area contributed by atoms with Crippen molar-refractivity contribution in [2.24, 2.45) is 0 Å². The molecular formula is C19H24N4OS. The first-order valence-corrected chi connectivity index (χ1v) is 9.51. The fraction of sp³-hybridized carbons (Fsp3) is 0.421. The van der Waals surface area contributed by atoms with E-state index in [0.717, 1.165) is 36.5 Å². The molecule has 1 aliphatic heterocycles. The lowest BCUT2D eigenvalue weighted by Gasteiger charge is -2.33. The first kappa shape index (κ1) is 17.7. The molecule has 1 saturated heterocycles. The van der Waals surface area contributed by atoms with E-state index >= 15 is 0 Å². The van der Waals surface area contributed by atoms with Gasteiger partial charge in [0, 0.05) is 35.8 Å². The number of nitrogens with zero attached hydrogens (tertiary/aromatic N) is 3. The molecule has 0 radical (unpaired) electrons. The number of nitrogens with two attached hydrogens (primary N) is 1. The maximum Gasteiger partial charge on any atom is 0.235 e. The molecule has 1 atom stereocenters. The number of likely N-dealkylation sites (tertiary alicyclic amines) is 1. The third-order valence-corrected chi connectivity index (χ3v) is 5.70. The summed E-state index contributed by atoms with van der Waals surface area (Å²) in [7, 11) is 0. The first-order chi connectivity index (χ1) is 12.0. The van der Waals surface area contributed by atoms with E-state index in [4.69, 9.17) is 5.73 Å². The van der Waals surface area contributed by atoms with E-state index in [9.17, 15) is 4.79 Å². The Labute approximate surface area is 153 Å². The smallest absolute Gasteiger partial charge is 0.235 e. The lowest BCUT2D eigenvalue weighted by molar-refractivity contribution is -0.131. The summed E-state index contributed by atoms with van der Waals surface area (Å²) in [5, 5.41) is -0.0750. The molecule has 3 rings (SSSR count). The maximum atomic E-state index is 12.7. The fourth-order valence-corrected chi connectivity index (χ4v) is 4.09. The minimum atomic E-state index is -0.0750. The molecule has 1 aliphatic rings. The van der Waals surface area contributed by atoms with Gasteiger partial charge in [0.25, 0.3) is 0 Å². The highest BCUT2D eigenvalue weighted by Gasteiger charge is 2.27. The number of anilines is 1. The highest BCUT2D eigenvalue weighted by molar-refractivity contribution is 8.00. The van der Waals surface area contributed by atoms with Crippen molar-refractivity contribution in [2.45, 2.75) is 42.8 Å². The molecule has 1 fully saturated rings. The fourth-order valence-electron chi connectivity index (χ4n) is 3.14. The van der Waals surface area contributed by atoms with Gasteiger partial charge in [-0.3, -0.25) is 4.79 Å². The molecule has 132 valence electrons. The Bertz CT molecular complexity index is 726. The monoisotopic (exact) mass is 356 g/mol. The molecular weight excluding hydrogens is 332 g/mol. The number of hydrogen-bond donors (Lipinski definition) is 1. The summed E-state index contributed by atoms with van der Waals surface area (Å²) in [6, 6.07) is 10.2. The number of benzene rings is 1. The summed E-state index contributed by atoms with van der Waals surface area (Å²) in [5.74, 6) is 0.889. The van der Waals surface area contributed by atoms with E-state index in [2.05, 4.69) is 41.2 Å². The Morgan fingerprint density at radius 1 is 1.24 bits per heavy atom. The molecule has 2 heterocycles. The van der Waals surface area contributed by atoms with E-state index < -0.39 is 0 Å². The van der Waals surface area contributed by atoms with E-state index in [1.807, 2.05) is 17.9 Å². The van der Waals surface area contributed by atoms with Crippen LogP contribution in [0, 0.1) is 6.92 Å². The predicted octanol–water partition coefficient (Wildman–Crippen LogP) is 3.25. The van der Waals surface area contributed by atoms with E-state index in [-0.39, 0.29) is 11.2 Å². The van der Waals surface area contributed by atoms with Gasteiger partial charge >= 0.3 is 0 Å². The summed E-state index contributed by atoms with van der Waals surface area (Å²) in [5.41, 5.74) is 7.89. The van der Waals surface area contributed by atoms with Crippen LogP contribution in [0.15, 0.2) is 41.4 Å². The van der Waals surface area contributed by atoms with Crippen molar-refractivity contribution in [3.05, 3.63) is 47.8 Å². The second-order valence-electron chi connectivity index (χ2n) is 6.51. The standard InChI is InChI=1S/C19H24N4OS/c1-13-3-5-16(6-4-13)25-14(2)18(24)23-11-8-15(9-12-23)17-7-10-21-19(20)22-17/h3-7,10,14-15H,8-9,11-12H2,1-2H3,(H2,20,21,22). The van der Waals surface area contributed by atoms with Crippen LogP contribution < -0.4 is 5.73 Å². The lowest BCUT2D eigenvalue weighted by Crippen LogP contribution is -2.41. The van der Waals surface area contributed by atoms with Gasteiger partial charge in [0.2, 0.25) is 11.9 Å². The molecule has 1 amide bonds. The second kappa shape index (κ2) is 7.87. The summed E-state index contributed by atoms with van der Waals surface area (Å²) >= 11 is 1.62. The molecule has 25 heavy (non-hydrogen) atoms. The number of piperidine rings is 1. The van der Waals surface area contributed by atoms with Crippen molar-refractivity contribution in [1.82, 2.24) is 14.9 Å². The molecule has 0 saturated carbocycles. The average molecular weight is 356 g/mol. The zero-order valence-electron chi connectivity index (χ0n) is 14.7. The van der Waals surface area contributed by atoms with Crippen LogP contribution >= 0.6 is 11.8 Å². The highest BCUT2D eigenvalue weighted by Crippen LogP contribution is 2.29. The maximum absolute atomic E-state index is 12.7. The normalized spacial score (nSPS) is 16.6. The number of carbonyl (C=O) groups is 1. The van der Waals surface area contributed by atoms with Crippen LogP contribution in [0.5, 0.6) is 0 Å². The van der Waals surface area contributed by atoms with Gasteiger partial charge in [-0.15, -0.1) is 11.8 Å². The SMILES string of the molecule is Cc1ccc(SC(C)C(=O)N2CCC(c3ccnc(N)n3)CC2)cc1. The number of aryl methyl sites for hydroxylation is 1. The lowest BCUT2D eigenvalue weighted by atomic mass is 9.93. The summed E-state index contributed by atoms with van der Waals surface area (Å²) in [4.78, 5) is 24.1. The number of nitrogen functional groups attached to an aromatic ring is 1. The van der Waals surface area contributed by atoms with Gasteiger partial charge in [-0.05, 0) is 44.9 Å². The summed E-state index contributed by atoms with van der Waals surface area (Å²) < 4.78 is 0. The van der Waals surface area contributed by atoms with Crippen molar-refractivity contribution in [2.75, 3.05) is 18.8 Å². The van der Waals surface area contributed by atoms with Gasteiger partial charge in [0.1, 0.15) is 0 Å². The Balaban J connectivity index is 1.54. The molecule has 0 aliphatic carbocycles. The topological polar surface area (TPSA) is 72.1 Å². The third kappa shape index (κ3) is 4.51. The van der Waals surface area contributed by atoms with Gasteiger partial charge in [-0.1, -0.05) is 17.7 Å². The van der Waals surface area contributed by atoms with Crippen molar-refractivity contribution in [3.8, 4) is 0 Å². The quantitative estimate of drug-likeness (QED) is 0.852. The minimum absolute atomic E-state index is 0.0750. The molecule has 0 bridgehead atoms. The van der Waals surface area contributed by atoms with Crippen molar-refractivity contribution in [3.63, 3.8) is 0 Å². The molecule has 6 heteroatoms. The van der Waals surface area contributed by atoms with Gasteiger partial charge < -0.3 is 10.6 Å². The molecule has 1 unspecified atom stereocenters. The number of carbonyl (C=O) groups excluding carboxylic acids is 1. The van der Waals surface area contributed by atoms with Gasteiger partial charge in [0.05, 0.1) is 5.25 Å². The largest absolute Gasteiger partial charge is 0.368 e. The number of rotatable bonds is 4. The molecule has 2 N–H and O–H groups in total. The van der Waals surface area contributed by atoms with E-state index in [0.29, 0.717) is 11.9 Å². The number of aromatic nitrogens is 2. The average Bonchev–Trinajstić information content (AvgIpc) is 2.63. The number of amides is 1. The van der Waals surface area contributed by atoms with E-state index in [1.54, 1.807) is 18.0 Å². The van der Waals surface area contributed by atoms with Crippen LogP contribution in [-0.4, -0.2) is 39.1 Å². The van der Waals surface area contributed by atoms with Gasteiger partial charge in [0.15, 0.2) is 0 Å². The van der Waals surface area contributed by atoms with Gasteiger partial charge in [-0.25, -0.2) is 9.97 Å². The third-order valence-electron chi connectivity index (χ3n) is 4.60. The number of thioether (sulfide) groups is 1. The zero-order chi connectivity index (χ0) is 17.8. The summed E-state index contributed by atoms with van der Waals surface area (Å²) in [6.07, 6.45) is 3.55. The molecule has 1 aromatic carbocycles. The Morgan fingerprint density at radius 3 is 2.56 bits per heavy atom. The molecule has 2 aromatic rings. The number of hydrogen-bond acceptors (Lipinski definition) is 5. The van der Waals surface area contributed by atoms with Crippen LogP contribution in [0.2, 0.25) is 0 Å². The molecule has 1 aromatic heterocycles. The Kier molecular flexibility index (Phi) is 5.58. The van der Waals surface area contributed by atoms with E-state index in [1.165, 1.54) is 5.56 Å². The van der Waals surface area contributed by atoms with Gasteiger partial charge in [-0.2, -0.15) is 0 Å². The Morgan fingerprint density at radius 2 is 1.92 bits per heavy atom. The van der Waals surface area contributed by atoms with Crippen molar-refractivity contribution < 1.29 is 4.79 Å². The second-order valence-corrected chi connectivity index (χ2v) is 7.93. The predicted molar refractivity (Wildman–Crippen MR) is 101 cm³/mol. The van der Waals surface area contributed by atoms with Crippen molar-refractivity contribution in [1.29, 1.82) is 0 Å². The minimum Gasteiger partial charge on any atom is -0.368 e. The highest BCUT2D eigenvalue weighted by atomic mass is 32.2. The van der Waals surface area contributed by atoms with Crippen LogP contribution in [0.3, 0.4) is 0 Å². The first-order valence-electron chi connectivity index (χ1n) is 8.63. The van der Waals surface area contributed by atoms with Crippen LogP contribution in [-0.2, 0) is 4.79 Å². The molecule has 0 spiro atoms. The Hall–Kier alpha value is -2.08. The van der Waals surface area contributed by atoms with Crippen LogP contribution in [0.4, 0.5) is 5.95 Å². The van der Waals surface area contributed by atoms with Crippen LogP contribution in [0.1, 0.15) is 36.9 Å². The molecule has 5 nitrogen and oxygen atoms in total. The van der Waals surface area contributed by atoms with Crippen molar-refractivity contribution >= 4 is 23.6 Å².